The second-order valence-corrected chi connectivity index (χ2v) is 9.90. The van der Waals surface area contributed by atoms with E-state index in [0.717, 1.165) is 44.1 Å². The Hall–Kier alpha value is -1.82. The minimum absolute atomic E-state index is 0.0452. The smallest absolute Gasteiger partial charge is 0.303 e. The third kappa shape index (κ3) is 8.05. The molecule has 0 atom stereocenters. The number of hydrogen-bond acceptors (Lipinski definition) is 3. The molecule has 1 fully saturated rings. The zero-order valence-corrected chi connectivity index (χ0v) is 17.6. The summed E-state index contributed by atoms with van der Waals surface area (Å²) in [6.07, 6.45) is 13.0. The van der Waals surface area contributed by atoms with E-state index in [4.69, 9.17) is 5.11 Å². The van der Waals surface area contributed by atoms with Gasteiger partial charge in [-0.2, -0.15) is 0 Å². The largest absolute Gasteiger partial charge is 0.481 e. The van der Waals surface area contributed by atoms with Gasteiger partial charge >= 0.3 is 5.97 Å². The zero-order valence-electron chi connectivity index (χ0n) is 16.8. The fraction of sp³-hybridized carbons (Fsp3) is 0.591. The summed E-state index contributed by atoms with van der Waals surface area (Å²) in [4.78, 5) is 10.6. The molecule has 0 saturated heterocycles. The van der Waals surface area contributed by atoms with Gasteiger partial charge in [0.2, 0.25) is 10.0 Å². The summed E-state index contributed by atoms with van der Waals surface area (Å²) >= 11 is 0. The van der Waals surface area contributed by atoms with Crippen molar-refractivity contribution < 1.29 is 18.3 Å². The van der Waals surface area contributed by atoms with Crippen molar-refractivity contribution >= 4 is 21.7 Å². The molecule has 2 rings (SSSR count). The van der Waals surface area contributed by atoms with Gasteiger partial charge in [-0.25, -0.2) is 8.42 Å². The maximum absolute atomic E-state index is 12.6. The molecular weight excluding hydrogens is 374 g/mol. The Morgan fingerprint density at radius 1 is 1.14 bits per heavy atom. The number of aliphatic carboxylic acids is 1. The van der Waals surface area contributed by atoms with Gasteiger partial charge in [0.05, 0.1) is 5.75 Å². The highest BCUT2D eigenvalue weighted by Gasteiger charge is 2.32. The van der Waals surface area contributed by atoms with Gasteiger partial charge in [-0.15, -0.1) is 0 Å². The van der Waals surface area contributed by atoms with Crippen LogP contribution < -0.4 is 4.72 Å². The topological polar surface area (TPSA) is 83.5 Å². The van der Waals surface area contributed by atoms with Crippen LogP contribution in [0.3, 0.4) is 0 Å². The van der Waals surface area contributed by atoms with Crippen LogP contribution in [0, 0.1) is 12.3 Å². The van der Waals surface area contributed by atoms with Crippen molar-refractivity contribution in [1.82, 2.24) is 0 Å². The van der Waals surface area contributed by atoms with Crippen LogP contribution in [0.15, 0.2) is 36.4 Å². The third-order valence-corrected chi connectivity index (χ3v) is 6.91. The van der Waals surface area contributed by atoms with Gasteiger partial charge in [-0.3, -0.25) is 9.52 Å². The summed E-state index contributed by atoms with van der Waals surface area (Å²) in [6.45, 7) is 1.97. The molecule has 0 heterocycles. The Kier molecular flexibility index (Phi) is 8.55. The van der Waals surface area contributed by atoms with Crippen molar-refractivity contribution in [3.63, 3.8) is 0 Å². The number of hydrogen-bond donors (Lipinski definition) is 2. The lowest BCUT2D eigenvalue weighted by Gasteiger charge is -2.36. The quantitative estimate of drug-likeness (QED) is 0.386. The molecule has 2 N–H and O–H groups in total. The molecule has 1 aliphatic carbocycles. The molecule has 0 aromatic heterocycles. The van der Waals surface area contributed by atoms with Crippen LogP contribution in [0.2, 0.25) is 0 Å². The SMILES string of the molecule is Cc1ccc(NS(=O)(=O)CCC2(C/C=C\CCCC(=O)O)CCCCC2)cc1. The summed E-state index contributed by atoms with van der Waals surface area (Å²) in [5.41, 5.74) is 1.75. The average Bonchev–Trinajstić information content (AvgIpc) is 2.65. The Morgan fingerprint density at radius 2 is 1.82 bits per heavy atom. The highest BCUT2D eigenvalue weighted by molar-refractivity contribution is 7.92. The first-order valence-electron chi connectivity index (χ1n) is 10.2. The van der Waals surface area contributed by atoms with Crippen molar-refractivity contribution in [1.29, 1.82) is 0 Å². The van der Waals surface area contributed by atoms with Crippen LogP contribution in [-0.4, -0.2) is 25.2 Å². The molecule has 5 nitrogen and oxygen atoms in total. The molecule has 1 aliphatic rings. The predicted molar refractivity (Wildman–Crippen MR) is 114 cm³/mol. The number of carboxylic acid groups (broad SMARTS) is 1. The number of unbranched alkanes of at least 4 members (excludes halogenated alkanes) is 1. The van der Waals surface area contributed by atoms with Crippen LogP contribution in [0.5, 0.6) is 0 Å². The van der Waals surface area contributed by atoms with E-state index in [1.807, 2.05) is 19.1 Å². The molecule has 0 spiro atoms. The molecule has 0 amide bonds. The number of allylic oxidation sites excluding steroid dienone is 2. The first-order chi connectivity index (χ1) is 13.3. The van der Waals surface area contributed by atoms with E-state index >= 15 is 0 Å². The molecule has 1 aromatic carbocycles. The summed E-state index contributed by atoms with van der Waals surface area (Å²) < 4.78 is 27.8. The predicted octanol–water partition coefficient (Wildman–Crippen LogP) is 5.28. The number of benzene rings is 1. The second kappa shape index (κ2) is 10.6. The van der Waals surface area contributed by atoms with Crippen molar-refractivity contribution in [3.05, 3.63) is 42.0 Å². The molecule has 0 bridgehead atoms. The van der Waals surface area contributed by atoms with Crippen LogP contribution in [-0.2, 0) is 14.8 Å². The van der Waals surface area contributed by atoms with Gasteiger partial charge in [0.1, 0.15) is 0 Å². The van der Waals surface area contributed by atoms with Crippen molar-refractivity contribution in [2.45, 2.75) is 71.1 Å². The van der Waals surface area contributed by atoms with Gasteiger partial charge in [0, 0.05) is 12.1 Å². The highest BCUT2D eigenvalue weighted by Crippen LogP contribution is 2.43. The van der Waals surface area contributed by atoms with Crippen LogP contribution in [0.1, 0.15) is 69.8 Å². The number of carbonyl (C=O) groups is 1. The monoisotopic (exact) mass is 407 g/mol. The number of rotatable bonds is 11. The lowest BCUT2D eigenvalue weighted by atomic mass is 9.70. The lowest BCUT2D eigenvalue weighted by molar-refractivity contribution is -0.137. The van der Waals surface area contributed by atoms with Gasteiger partial charge in [-0.1, -0.05) is 49.1 Å². The van der Waals surface area contributed by atoms with E-state index in [2.05, 4.69) is 16.9 Å². The van der Waals surface area contributed by atoms with E-state index in [0.29, 0.717) is 18.5 Å². The Labute approximate surface area is 169 Å². The van der Waals surface area contributed by atoms with Crippen molar-refractivity contribution in [3.8, 4) is 0 Å². The van der Waals surface area contributed by atoms with Crippen molar-refractivity contribution in [2.75, 3.05) is 10.5 Å². The van der Waals surface area contributed by atoms with Crippen LogP contribution >= 0.6 is 0 Å². The summed E-state index contributed by atoms with van der Waals surface area (Å²) in [5.74, 6) is -0.628. The fourth-order valence-electron chi connectivity index (χ4n) is 3.88. The maximum Gasteiger partial charge on any atom is 0.303 e. The van der Waals surface area contributed by atoms with E-state index in [9.17, 15) is 13.2 Å². The molecular formula is C22H33NO4S. The summed E-state index contributed by atoms with van der Waals surface area (Å²) in [7, 11) is -3.37. The molecule has 1 saturated carbocycles. The van der Waals surface area contributed by atoms with Crippen molar-refractivity contribution in [2.24, 2.45) is 5.41 Å². The van der Waals surface area contributed by atoms with E-state index in [1.54, 1.807) is 12.1 Å². The maximum atomic E-state index is 12.6. The Balaban J connectivity index is 1.90. The van der Waals surface area contributed by atoms with E-state index in [-0.39, 0.29) is 17.6 Å². The lowest BCUT2D eigenvalue weighted by Crippen LogP contribution is -2.28. The van der Waals surface area contributed by atoms with E-state index < -0.39 is 16.0 Å². The van der Waals surface area contributed by atoms with Gasteiger partial charge in [0.15, 0.2) is 0 Å². The standard InChI is InChI=1S/C22H33NO4S/c1-19-10-12-20(13-11-19)23-28(26,27)18-17-22(15-7-4-8-16-22)14-6-3-2-5-9-21(24)25/h3,6,10-13,23H,2,4-5,7-9,14-18H2,1H3,(H,24,25)/b6-3-. The van der Waals surface area contributed by atoms with Crippen LogP contribution in [0.4, 0.5) is 5.69 Å². The number of carboxylic acids is 1. The van der Waals surface area contributed by atoms with Gasteiger partial charge in [0.25, 0.3) is 0 Å². The summed E-state index contributed by atoms with van der Waals surface area (Å²) in [5, 5.41) is 8.69. The molecule has 28 heavy (non-hydrogen) atoms. The summed E-state index contributed by atoms with van der Waals surface area (Å²) in [6, 6.07) is 7.39. The number of anilines is 1. The van der Waals surface area contributed by atoms with Gasteiger partial charge < -0.3 is 5.11 Å². The molecule has 1 aromatic rings. The first kappa shape index (κ1) is 22.5. The van der Waals surface area contributed by atoms with Gasteiger partial charge in [-0.05, 0) is 63.0 Å². The minimum atomic E-state index is -3.37. The third-order valence-electron chi connectivity index (χ3n) is 5.62. The minimum Gasteiger partial charge on any atom is -0.481 e. The Bertz CT molecular complexity index is 747. The second-order valence-electron chi connectivity index (χ2n) is 8.06. The number of sulfonamides is 1. The average molecular weight is 408 g/mol. The normalized spacial score (nSPS) is 16.9. The molecule has 156 valence electrons. The highest BCUT2D eigenvalue weighted by atomic mass is 32.2. The van der Waals surface area contributed by atoms with E-state index in [1.165, 1.54) is 6.42 Å². The van der Waals surface area contributed by atoms with Crippen LogP contribution in [0.25, 0.3) is 0 Å². The molecule has 0 radical (unpaired) electrons. The molecule has 0 aliphatic heterocycles. The molecule has 0 unspecified atom stereocenters. The first-order valence-corrected chi connectivity index (χ1v) is 11.9. The fourth-order valence-corrected chi connectivity index (χ4v) is 5.18. The number of aryl methyl sites for hydroxylation is 1. The zero-order chi connectivity index (χ0) is 20.5. The number of nitrogens with one attached hydrogen (secondary N) is 1. The Morgan fingerprint density at radius 3 is 2.46 bits per heavy atom. The molecule has 6 heteroatoms.